The summed E-state index contributed by atoms with van der Waals surface area (Å²) < 4.78 is 20.0. The lowest BCUT2D eigenvalue weighted by Gasteiger charge is -2.21. The number of benzene rings is 1. The normalized spacial score (nSPS) is 19.3. The second-order valence-corrected chi connectivity index (χ2v) is 8.57. The summed E-state index contributed by atoms with van der Waals surface area (Å²) in [6.07, 6.45) is 3.60. The molecule has 1 aromatic rings. The first kappa shape index (κ1) is 26.1. The molecule has 6 nitrogen and oxygen atoms in total. The van der Waals surface area contributed by atoms with Gasteiger partial charge in [0, 0.05) is 26.2 Å². The fraction of sp³-hybridized carbons (Fsp3) is 0.696. The molecule has 8 heteroatoms. The number of ether oxygens (including phenoxy) is 1. The van der Waals surface area contributed by atoms with Crippen molar-refractivity contribution in [3.05, 3.63) is 29.6 Å². The molecule has 1 heterocycles. The highest BCUT2D eigenvalue weighted by Gasteiger charge is 2.22. The van der Waals surface area contributed by atoms with Crippen LogP contribution in [-0.4, -0.2) is 75.2 Å². The van der Waals surface area contributed by atoms with Crippen LogP contribution in [0, 0.1) is 11.7 Å². The molecule has 2 N–H and O–H groups in total. The van der Waals surface area contributed by atoms with Crippen LogP contribution in [0.3, 0.4) is 0 Å². The van der Waals surface area contributed by atoms with E-state index in [9.17, 15) is 4.39 Å². The minimum absolute atomic E-state index is 0. The van der Waals surface area contributed by atoms with Crippen LogP contribution in [-0.2, 0) is 0 Å². The van der Waals surface area contributed by atoms with Crippen molar-refractivity contribution in [1.82, 2.24) is 20.4 Å². The largest absolute Gasteiger partial charge is 0.490 e. The second kappa shape index (κ2) is 13.4. The van der Waals surface area contributed by atoms with Crippen LogP contribution >= 0.6 is 24.0 Å². The van der Waals surface area contributed by atoms with E-state index < -0.39 is 0 Å². The molecule has 0 bridgehead atoms. The Labute approximate surface area is 204 Å². The molecule has 2 aliphatic rings. The van der Waals surface area contributed by atoms with E-state index >= 15 is 0 Å². The monoisotopic (exact) mass is 547 g/mol. The maximum atomic E-state index is 14.4. The highest BCUT2D eigenvalue weighted by atomic mass is 127. The molecular weight excluding hydrogens is 508 g/mol. The van der Waals surface area contributed by atoms with Crippen LogP contribution in [0.5, 0.6) is 5.75 Å². The van der Waals surface area contributed by atoms with Gasteiger partial charge in [-0.25, -0.2) is 4.39 Å². The maximum Gasteiger partial charge on any atom is 0.191 e. The predicted octanol–water partition coefficient (Wildman–Crippen LogP) is 3.49. The molecule has 2 fully saturated rings. The van der Waals surface area contributed by atoms with E-state index in [1.807, 2.05) is 13.0 Å². The number of nitrogens with one attached hydrogen (secondary N) is 2. The Kier molecular flexibility index (Phi) is 11.3. The topological polar surface area (TPSA) is 52.1 Å². The quantitative estimate of drug-likeness (QED) is 0.282. The Hall–Kier alpha value is -1.13. The Morgan fingerprint density at radius 1 is 1.26 bits per heavy atom. The number of hydrogen-bond acceptors (Lipinski definition) is 4. The molecule has 1 aliphatic heterocycles. The molecular formula is C23H39FIN5O. The minimum atomic E-state index is -0.296. The van der Waals surface area contributed by atoms with Gasteiger partial charge in [0.2, 0.25) is 0 Å². The summed E-state index contributed by atoms with van der Waals surface area (Å²) in [5.41, 5.74) is 0.882. The second-order valence-electron chi connectivity index (χ2n) is 8.57. The summed E-state index contributed by atoms with van der Waals surface area (Å²) in [6.45, 7) is 11.7. The lowest BCUT2D eigenvalue weighted by Crippen LogP contribution is -2.39. The highest BCUT2D eigenvalue weighted by Crippen LogP contribution is 2.30. The zero-order valence-corrected chi connectivity index (χ0v) is 21.5. The minimum Gasteiger partial charge on any atom is -0.490 e. The average molecular weight is 548 g/mol. The zero-order chi connectivity index (χ0) is 21.3. The van der Waals surface area contributed by atoms with E-state index in [1.165, 1.54) is 25.8 Å². The third-order valence-corrected chi connectivity index (χ3v) is 5.82. The summed E-state index contributed by atoms with van der Waals surface area (Å²) in [5.74, 6) is 1.43. The van der Waals surface area contributed by atoms with Crippen molar-refractivity contribution >= 4 is 29.9 Å². The number of rotatable bonds is 9. The van der Waals surface area contributed by atoms with Crippen LogP contribution in [0.25, 0.3) is 0 Å². The lowest BCUT2D eigenvalue weighted by molar-refractivity contribution is 0.283. The van der Waals surface area contributed by atoms with Gasteiger partial charge in [-0.1, -0.05) is 6.07 Å². The molecule has 31 heavy (non-hydrogen) atoms. The van der Waals surface area contributed by atoms with E-state index in [0.717, 1.165) is 50.8 Å². The number of halogens is 2. The Morgan fingerprint density at radius 2 is 2.06 bits per heavy atom. The van der Waals surface area contributed by atoms with Gasteiger partial charge >= 0.3 is 0 Å². The summed E-state index contributed by atoms with van der Waals surface area (Å²) >= 11 is 0. The number of hydrogen-bond donors (Lipinski definition) is 2. The molecule has 1 saturated carbocycles. The van der Waals surface area contributed by atoms with E-state index in [1.54, 1.807) is 12.1 Å². The number of nitrogens with zero attached hydrogens (tertiary/aromatic N) is 3. The molecule has 1 atom stereocenters. The third kappa shape index (κ3) is 9.10. The summed E-state index contributed by atoms with van der Waals surface area (Å²) in [4.78, 5) is 9.61. The van der Waals surface area contributed by atoms with Gasteiger partial charge in [-0.15, -0.1) is 24.0 Å². The Balaban J connectivity index is 0.00000341. The first-order chi connectivity index (χ1) is 14.5. The maximum absolute atomic E-state index is 14.4. The smallest absolute Gasteiger partial charge is 0.191 e. The van der Waals surface area contributed by atoms with E-state index in [-0.39, 0.29) is 35.8 Å². The van der Waals surface area contributed by atoms with Crippen LogP contribution in [0.15, 0.2) is 23.2 Å². The first-order valence-corrected chi connectivity index (χ1v) is 11.4. The fourth-order valence-electron chi connectivity index (χ4n) is 3.63. The molecule has 0 radical (unpaired) electrons. The lowest BCUT2D eigenvalue weighted by atomic mass is 10.1. The van der Waals surface area contributed by atoms with Crippen LogP contribution in [0.2, 0.25) is 0 Å². The SMILES string of the molecule is CCNC(=NCCN1CCCN(C)CC1)NC(C)c1ccc(OCC2CC2)c(F)c1.I. The van der Waals surface area contributed by atoms with E-state index in [0.29, 0.717) is 18.3 Å². The summed E-state index contributed by atoms with van der Waals surface area (Å²) in [6, 6.07) is 5.19. The van der Waals surface area contributed by atoms with Crippen molar-refractivity contribution in [3.8, 4) is 5.75 Å². The van der Waals surface area contributed by atoms with Gasteiger partial charge in [-0.3, -0.25) is 4.99 Å². The van der Waals surface area contributed by atoms with E-state index in [4.69, 9.17) is 9.73 Å². The van der Waals surface area contributed by atoms with Gasteiger partial charge in [0.25, 0.3) is 0 Å². The van der Waals surface area contributed by atoms with Crippen molar-refractivity contribution in [2.24, 2.45) is 10.9 Å². The zero-order valence-electron chi connectivity index (χ0n) is 19.2. The predicted molar refractivity (Wildman–Crippen MR) is 136 cm³/mol. The van der Waals surface area contributed by atoms with Crippen molar-refractivity contribution in [2.75, 3.05) is 59.5 Å². The van der Waals surface area contributed by atoms with Gasteiger partial charge < -0.3 is 25.2 Å². The molecule has 176 valence electrons. The fourth-order valence-corrected chi connectivity index (χ4v) is 3.63. The molecule has 1 saturated heterocycles. The van der Waals surface area contributed by atoms with Crippen molar-refractivity contribution < 1.29 is 9.13 Å². The number of likely N-dealkylation sites (N-methyl/N-ethyl adjacent to an activating group) is 1. The first-order valence-electron chi connectivity index (χ1n) is 11.4. The molecule has 1 unspecified atom stereocenters. The van der Waals surface area contributed by atoms with E-state index in [2.05, 4.69) is 34.4 Å². The van der Waals surface area contributed by atoms with Gasteiger partial charge in [0.1, 0.15) is 0 Å². The standard InChI is InChI=1S/C23H38FN5O.HI/c1-4-25-23(26-10-13-29-12-5-11-28(3)14-15-29)27-18(2)20-8-9-22(21(24)16-20)30-17-19-6-7-19;/h8-9,16,18-19H,4-7,10-15,17H2,1-3H3,(H2,25,26,27);1H. The van der Waals surface area contributed by atoms with Crippen LogP contribution in [0.1, 0.15) is 44.7 Å². The molecule has 1 aliphatic carbocycles. The molecule has 0 aromatic heterocycles. The van der Waals surface area contributed by atoms with Gasteiger partial charge in [-0.2, -0.15) is 0 Å². The van der Waals surface area contributed by atoms with Crippen molar-refractivity contribution in [3.63, 3.8) is 0 Å². The van der Waals surface area contributed by atoms with Crippen molar-refractivity contribution in [2.45, 2.75) is 39.2 Å². The number of aliphatic imine (C=N–C) groups is 1. The molecule has 1 aromatic carbocycles. The van der Waals surface area contributed by atoms with Gasteiger partial charge in [-0.05, 0) is 76.9 Å². The summed E-state index contributed by atoms with van der Waals surface area (Å²) in [5, 5.41) is 6.70. The average Bonchev–Trinajstić information content (AvgIpc) is 3.56. The van der Waals surface area contributed by atoms with Crippen LogP contribution in [0.4, 0.5) is 4.39 Å². The molecule has 3 rings (SSSR count). The Bertz CT molecular complexity index is 701. The molecule has 0 amide bonds. The molecule has 0 spiro atoms. The number of guanidine groups is 1. The van der Waals surface area contributed by atoms with Gasteiger partial charge in [0.05, 0.1) is 19.2 Å². The third-order valence-electron chi connectivity index (χ3n) is 5.82. The van der Waals surface area contributed by atoms with Crippen molar-refractivity contribution in [1.29, 1.82) is 0 Å². The highest BCUT2D eigenvalue weighted by molar-refractivity contribution is 14.0. The van der Waals surface area contributed by atoms with Crippen LogP contribution < -0.4 is 15.4 Å². The van der Waals surface area contributed by atoms with Gasteiger partial charge in [0.15, 0.2) is 17.5 Å². The Morgan fingerprint density at radius 3 is 2.77 bits per heavy atom. The summed E-state index contributed by atoms with van der Waals surface area (Å²) in [7, 11) is 2.19.